The lowest BCUT2D eigenvalue weighted by atomic mass is 9.78. The number of hydrogen-bond donors (Lipinski definition) is 2. The van der Waals surface area contributed by atoms with Crippen LogP contribution in [0.25, 0.3) is 0 Å². The molecule has 1 aromatic rings. The summed E-state index contributed by atoms with van der Waals surface area (Å²) in [6.07, 6.45) is 6.84. The molecule has 0 aromatic heterocycles. The van der Waals surface area contributed by atoms with Crippen LogP contribution in [0.3, 0.4) is 0 Å². The van der Waals surface area contributed by atoms with Crippen molar-refractivity contribution in [1.82, 2.24) is 10.2 Å². The molecule has 1 heterocycles. The molecule has 4 heteroatoms. The molecular formula is C19H26N2O2. The zero-order valence-corrected chi connectivity index (χ0v) is 13.6. The van der Waals surface area contributed by atoms with Gasteiger partial charge >= 0.3 is 6.03 Å². The number of urea groups is 1. The minimum Gasteiger partial charge on any atom is -0.394 e. The lowest BCUT2D eigenvalue weighted by molar-refractivity contribution is 0.157. The van der Waals surface area contributed by atoms with Gasteiger partial charge in [-0.15, -0.1) is 0 Å². The summed E-state index contributed by atoms with van der Waals surface area (Å²) in [6, 6.07) is 8.86. The Balaban J connectivity index is 1.38. The first kappa shape index (κ1) is 15.0. The smallest absolute Gasteiger partial charge is 0.317 e. The average molecular weight is 314 g/mol. The minimum absolute atomic E-state index is 0.00712. The number of rotatable bonds is 3. The third-order valence-electron chi connectivity index (χ3n) is 6.20. The molecule has 2 fully saturated rings. The van der Waals surface area contributed by atoms with Crippen molar-refractivity contribution in [3.8, 4) is 0 Å². The van der Waals surface area contributed by atoms with E-state index in [2.05, 4.69) is 29.6 Å². The van der Waals surface area contributed by atoms with Gasteiger partial charge in [0.25, 0.3) is 0 Å². The first-order chi connectivity index (χ1) is 11.2. The van der Waals surface area contributed by atoms with Crippen LogP contribution in [0.4, 0.5) is 4.79 Å². The Labute approximate surface area is 137 Å². The zero-order chi connectivity index (χ0) is 15.9. The predicted octanol–water partition coefficient (Wildman–Crippen LogP) is 2.45. The number of carbonyl (C=O) groups is 1. The van der Waals surface area contributed by atoms with E-state index < -0.39 is 0 Å². The highest BCUT2D eigenvalue weighted by Gasteiger charge is 2.56. The lowest BCUT2D eigenvalue weighted by Crippen LogP contribution is -2.45. The third kappa shape index (κ3) is 2.53. The van der Waals surface area contributed by atoms with Gasteiger partial charge in [-0.05, 0) is 55.6 Å². The van der Waals surface area contributed by atoms with Crippen LogP contribution in [-0.2, 0) is 11.8 Å². The molecule has 23 heavy (non-hydrogen) atoms. The van der Waals surface area contributed by atoms with E-state index in [0.29, 0.717) is 11.3 Å². The second kappa shape index (κ2) is 5.82. The van der Waals surface area contributed by atoms with Gasteiger partial charge in [0.2, 0.25) is 0 Å². The predicted molar refractivity (Wildman–Crippen MR) is 89.4 cm³/mol. The van der Waals surface area contributed by atoms with E-state index in [-0.39, 0.29) is 18.7 Å². The fourth-order valence-corrected chi connectivity index (χ4v) is 4.84. The topological polar surface area (TPSA) is 52.6 Å². The van der Waals surface area contributed by atoms with Crippen LogP contribution in [0.1, 0.15) is 43.2 Å². The number of benzene rings is 1. The van der Waals surface area contributed by atoms with Crippen molar-refractivity contribution in [3.63, 3.8) is 0 Å². The Morgan fingerprint density at radius 2 is 2.22 bits per heavy atom. The van der Waals surface area contributed by atoms with Crippen molar-refractivity contribution in [2.24, 2.45) is 5.92 Å². The summed E-state index contributed by atoms with van der Waals surface area (Å²) >= 11 is 0. The standard InChI is InChI=1S/C19H26N2O2/c22-13-16-7-4-10-21(16)18(23)20-12-15-11-19(15)9-3-6-14-5-1-2-8-17(14)19/h1-2,5,8,15-16,22H,3-4,6-7,9-13H2,(H,20,23)/t15?,16-,19?/m1/s1. The van der Waals surface area contributed by atoms with Gasteiger partial charge in [0.15, 0.2) is 0 Å². The van der Waals surface area contributed by atoms with Crippen LogP contribution in [0, 0.1) is 5.92 Å². The van der Waals surface area contributed by atoms with Gasteiger partial charge in [0, 0.05) is 18.5 Å². The molecule has 3 aliphatic rings. The maximum Gasteiger partial charge on any atom is 0.317 e. The Kier molecular flexibility index (Phi) is 3.80. The highest BCUT2D eigenvalue weighted by molar-refractivity contribution is 5.75. The Bertz CT molecular complexity index is 603. The summed E-state index contributed by atoms with van der Waals surface area (Å²) in [4.78, 5) is 14.2. The molecule has 2 N–H and O–H groups in total. The lowest BCUT2D eigenvalue weighted by Gasteiger charge is -2.27. The van der Waals surface area contributed by atoms with Crippen LogP contribution < -0.4 is 5.32 Å². The number of aliphatic hydroxyl groups excluding tert-OH is 1. The molecule has 3 atom stereocenters. The van der Waals surface area contributed by atoms with Crippen molar-refractivity contribution in [2.75, 3.05) is 19.7 Å². The summed E-state index contributed by atoms with van der Waals surface area (Å²) in [6.45, 7) is 1.62. The molecule has 4 nitrogen and oxygen atoms in total. The van der Waals surface area contributed by atoms with Gasteiger partial charge < -0.3 is 15.3 Å². The van der Waals surface area contributed by atoms with E-state index in [0.717, 1.165) is 25.9 Å². The molecule has 1 aromatic carbocycles. The highest BCUT2D eigenvalue weighted by atomic mass is 16.3. The molecule has 1 saturated heterocycles. The fraction of sp³-hybridized carbons (Fsp3) is 0.632. The van der Waals surface area contributed by atoms with Gasteiger partial charge in [0.05, 0.1) is 12.6 Å². The Morgan fingerprint density at radius 3 is 3.09 bits per heavy atom. The van der Waals surface area contributed by atoms with Crippen LogP contribution in [0.5, 0.6) is 0 Å². The van der Waals surface area contributed by atoms with Crippen molar-refractivity contribution < 1.29 is 9.90 Å². The van der Waals surface area contributed by atoms with Crippen LogP contribution in [0.2, 0.25) is 0 Å². The van der Waals surface area contributed by atoms with E-state index >= 15 is 0 Å². The number of aliphatic hydroxyl groups is 1. The third-order valence-corrected chi connectivity index (χ3v) is 6.20. The molecule has 4 rings (SSSR count). The second-order valence-electron chi connectivity index (χ2n) is 7.43. The van der Waals surface area contributed by atoms with Crippen LogP contribution in [0.15, 0.2) is 24.3 Å². The second-order valence-corrected chi connectivity index (χ2v) is 7.43. The summed E-state index contributed by atoms with van der Waals surface area (Å²) in [5.74, 6) is 0.572. The van der Waals surface area contributed by atoms with Gasteiger partial charge in [0.1, 0.15) is 0 Å². The quantitative estimate of drug-likeness (QED) is 0.900. The maximum absolute atomic E-state index is 12.4. The molecule has 2 amide bonds. The monoisotopic (exact) mass is 314 g/mol. The number of likely N-dealkylation sites (tertiary alicyclic amines) is 1. The van der Waals surface area contributed by atoms with E-state index in [1.165, 1.54) is 36.8 Å². The molecule has 1 spiro atoms. The number of fused-ring (bicyclic) bond motifs is 2. The van der Waals surface area contributed by atoms with Crippen LogP contribution in [-0.4, -0.2) is 41.8 Å². The van der Waals surface area contributed by atoms with Crippen molar-refractivity contribution in [2.45, 2.75) is 50.0 Å². The number of aryl methyl sites for hydroxylation is 1. The fourth-order valence-electron chi connectivity index (χ4n) is 4.84. The first-order valence-corrected chi connectivity index (χ1v) is 8.98. The molecule has 2 aliphatic carbocycles. The number of carbonyl (C=O) groups excluding carboxylic acids is 1. The first-order valence-electron chi connectivity index (χ1n) is 8.98. The molecule has 1 saturated carbocycles. The summed E-state index contributed by atoms with van der Waals surface area (Å²) in [5.41, 5.74) is 3.36. The Hall–Kier alpha value is -1.55. The van der Waals surface area contributed by atoms with Gasteiger partial charge in [-0.25, -0.2) is 4.79 Å². The van der Waals surface area contributed by atoms with Crippen LogP contribution >= 0.6 is 0 Å². The molecular weight excluding hydrogens is 288 g/mol. The van der Waals surface area contributed by atoms with Crippen molar-refractivity contribution in [1.29, 1.82) is 0 Å². The van der Waals surface area contributed by atoms with E-state index in [1.807, 2.05) is 4.90 Å². The van der Waals surface area contributed by atoms with E-state index in [1.54, 1.807) is 0 Å². The molecule has 1 aliphatic heterocycles. The van der Waals surface area contributed by atoms with E-state index in [9.17, 15) is 9.90 Å². The normalized spacial score (nSPS) is 32.0. The van der Waals surface area contributed by atoms with Gasteiger partial charge in [-0.1, -0.05) is 24.3 Å². The largest absolute Gasteiger partial charge is 0.394 e. The van der Waals surface area contributed by atoms with Crippen molar-refractivity contribution >= 4 is 6.03 Å². The molecule has 0 radical (unpaired) electrons. The summed E-state index contributed by atoms with van der Waals surface area (Å²) < 4.78 is 0. The molecule has 124 valence electrons. The Morgan fingerprint density at radius 1 is 1.35 bits per heavy atom. The SMILES string of the molecule is O=C(NCC1CC12CCCc1ccccc12)N1CCC[C@@H]1CO. The maximum atomic E-state index is 12.4. The number of amides is 2. The minimum atomic E-state index is 0.00712. The number of nitrogens with zero attached hydrogens (tertiary/aromatic N) is 1. The molecule has 2 unspecified atom stereocenters. The molecule has 0 bridgehead atoms. The highest BCUT2D eigenvalue weighted by Crippen LogP contribution is 2.59. The average Bonchev–Trinajstić information content (AvgIpc) is 3.06. The number of hydrogen-bond acceptors (Lipinski definition) is 2. The van der Waals surface area contributed by atoms with Gasteiger partial charge in [-0.2, -0.15) is 0 Å². The zero-order valence-electron chi connectivity index (χ0n) is 13.6. The summed E-state index contributed by atoms with van der Waals surface area (Å²) in [5, 5.41) is 12.5. The summed E-state index contributed by atoms with van der Waals surface area (Å²) in [7, 11) is 0. The van der Waals surface area contributed by atoms with Crippen molar-refractivity contribution in [3.05, 3.63) is 35.4 Å². The van der Waals surface area contributed by atoms with Gasteiger partial charge in [-0.3, -0.25) is 0 Å². The number of nitrogens with one attached hydrogen (secondary N) is 1. The van der Waals surface area contributed by atoms with E-state index in [4.69, 9.17) is 0 Å².